The number of carbonyl (C=O) groups is 1. The molecule has 3 N–H and O–H groups in total. The summed E-state index contributed by atoms with van der Waals surface area (Å²) in [5.41, 5.74) is 7.24. The van der Waals surface area contributed by atoms with Gasteiger partial charge < -0.3 is 11.1 Å². The molecule has 86 valence electrons. The Hall–Kier alpha value is -1.06. The van der Waals surface area contributed by atoms with Crippen molar-refractivity contribution in [3.8, 4) is 0 Å². The predicted molar refractivity (Wildman–Crippen MR) is 64.7 cm³/mol. The molecule has 1 fully saturated rings. The number of hydrogen-bond donors (Lipinski definition) is 2. The van der Waals surface area contributed by atoms with Gasteiger partial charge >= 0.3 is 0 Å². The molecule has 0 unspecified atom stereocenters. The van der Waals surface area contributed by atoms with Crippen LogP contribution in [0.15, 0.2) is 18.2 Å². The van der Waals surface area contributed by atoms with Crippen LogP contribution in [0.1, 0.15) is 28.8 Å². The second-order valence-corrected chi connectivity index (χ2v) is 4.77. The highest BCUT2D eigenvalue weighted by Crippen LogP contribution is 2.20. The van der Waals surface area contributed by atoms with Gasteiger partial charge in [0.15, 0.2) is 0 Å². The zero-order valence-electron chi connectivity index (χ0n) is 9.16. The molecule has 2 rings (SSSR count). The van der Waals surface area contributed by atoms with E-state index >= 15 is 0 Å². The minimum absolute atomic E-state index is 0.0706. The van der Waals surface area contributed by atoms with E-state index in [4.69, 9.17) is 17.3 Å². The van der Waals surface area contributed by atoms with Crippen LogP contribution in [0.2, 0.25) is 5.02 Å². The fourth-order valence-electron chi connectivity index (χ4n) is 1.78. The second kappa shape index (κ2) is 4.44. The van der Waals surface area contributed by atoms with Gasteiger partial charge in [-0.2, -0.15) is 0 Å². The molecule has 1 aromatic carbocycles. The van der Waals surface area contributed by atoms with E-state index in [1.807, 2.05) is 13.0 Å². The monoisotopic (exact) mass is 238 g/mol. The molecular formula is C12H15ClN2O. The van der Waals surface area contributed by atoms with Gasteiger partial charge in [0.2, 0.25) is 0 Å². The smallest absolute Gasteiger partial charge is 0.251 e. The fraction of sp³-hybridized carbons (Fsp3) is 0.417. The average Bonchev–Trinajstić information content (AvgIpc) is 2.19. The largest absolute Gasteiger partial charge is 0.349 e. The molecule has 0 spiro atoms. The van der Waals surface area contributed by atoms with E-state index in [-0.39, 0.29) is 18.0 Å². The Morgan fingerprint density at radius 1 is 1.50 bits per heavy atom. The van der Waals surface area contributed by atoms with E-state index < -0.39 is 0 Å². The maximum atomic E-state index is 11.8. The van der Waals surface area contributed by atoms with Crippen molar-refractivity contribution in [1.29, 1.82) is 0 Å². The predicted octanol–water partition coefficient (Wildman–Crippen LogP) is 1.87. The number of halogens is 1. The topological polar surface area (TPSA) is 55.1 Å². The Morgan fingerprint density at radius 2 is 2.19 bits per heavy atom. The quantitative estimate of drug-likeness (QED) is 0.827. The van der Waals surface area contributed by atoms with Gasteiger partial charge in [-0.05, 0) is 37.5 Å². The van der Waals surface area contributed by atoms with E-state index in [0.717, 1.165) is 18.4 Å². The maximum Gasteiger partial charge on any atom is 0.251 e. The van der Waals surface area contributed by atoms with Crippen LogP contribution in [0.25, 0.3) is 0 Å². The molecule has 0 aromatic heterocycles. The Labute approximate surface area is 100.0 Å². The molecule has 0 aliphatic heterocycles. The summed E-state index contributed by atoms with van der Waals surface area (Å²) in [5, 5.41) is 3.56. The van der Waals surface area contributed by atoms with Gasteiger partial charge in [0.25, 0.3) is 5.91 Å². The summed E-state index contributed by atoms with van der Waals surface area (Å²) >= 11 is 5.97. The molecule has 1 saturated carbocycles. The third-order valence-corrected chi connectivity index (χ3v) is 3.35. The summed E-state index contributed by atoms with van der Waals surface area (Å²) in [6.07, 6.45) is 1.73. The van der Waals surface area contributed by atoms with Gasteiger partial charge in [0, 0.05) is 22.7 Å². The Bertz CT molecular complexity index is 413. The first-order valence-corrected chi connectivity index (χ1v) is 5.76. The highest BCUT2D eigenvalue weighted by Gasteiger charge is 2.27. The summed E-state index contributed by atoms with van der Waals surface area (Å²) in [6.45, 7) is 1.91. The molecule has 0 radical (unpaired) electrons. The summed E-state index contributed by atoms with van der Waals surface area (Å²) in [6, 6.07) is 5.80. The van der Waals surface area contributed by atoms with Gasteiger partial charge in [0.1, 0.15) is 0 Å². The highest BCUT2D eigenvalue weighted by molar-refractivity contribution is 6.31. The standard InChI is InChI=1S/C12H15ClN2O/c1-7-2-3-8(4-11(7)13)12(16)15-10-5-9(14)6-10/h2-4,9-10H,5-6,14H2,1H3,(H,15,16). The number of carbonyl (C=O) groups excluding carboxylic acids is 1. The van der Waals surface area contributed by atoms with Crippen LogP contribution >= 0.6 is 11.6 Å². The minimum atomic E-state index is -0.0706. The second-order valence-electron chi connectivity index (χ2n) is 4.37. The van der Waals surface area contributed by atoms with E-state index in [1.165, 1.54) is 0 Å². The van der Waals surface area contributed by atoms with Gasteiger partial charge in [-0.15, -0.1) is 0 Å². The van der Waals surface area contributed by atoms with E-state index in [2.05, 4.69) is 5.32 Å². The molecule has 1 aromatic rings. The number of aryl methyl sites for hydroxylation is 1. The molecule has 4 heteroatoms. The SMILES string of the molecule is Cc1ccc(C(=O)NC2CC(N)C2)cc1Cl. The van der Waals surface area contributed by atoms with Crippen LogP contribution in [0.5, 0.6) is 0 Å². The first-order valence-electron chi connectivity index (χ1n) is 5.39. The van der Waals surface area contributed by atoms with E-state index in [1.54, 1.807) is 12.1 Å². The fourth-order valence-corrected chi connectivity index (χ4v) is 1.96. The van der Waals surface area contributed by atoms with Crippen LogP contribution in [0, 0.1) is 6.92 Å². The van der Waals surface area contributed by atoms with Crippen molar-refractivity contribution in [1.82, 2.24) is 5.32 Å². The van der Waals surface area contributed by atoms with E-state index in [9.17, 15) is 4.79 Å². The van der Waals surface area contributed by atoms with Gasteiger partial charge in [-0.25, -0.2) is 0 Å². The van der Waals surface area contributed by atoms with Crippen molar-refractivity contribution in [2.45, 2.75) is 31.8 Å². The molecule has 0 heterocycles. The minimum Gasteiger partial charge on any atom is -0.349 e. The Morgan fingerprint density at radius 3 is 2.75 bits per heavy atom. The zero-order chi connectivity index (χ0) is 11.7. The summed E-state index contributed by atoms with van der Waals surface area (Å²) in [5.74, 6) is -0.0706. The molecule has 16 heavy (non-hydrogen) atoms. The molecule has 0 saturated heterocycles. The number of benzene rings is 1. The highest BCUT2D eigenvalue weighted by atomic mass is 35.5. The molecule has 0 atom stereocenters. The number of amides is 1. The molecule has 0 bridgehead atoms. The summed E-state index contributed by atoms with van der Waals surface area (Å²) < 4.78 is 0. The lowest BCUT2D eigenvalue weighted by Crippen LogP contribution is -2.50. The zero-order valence-corrected chi connectivity index (χ0v) is 9.92. The maximum absolute atomic E-state index is 11.8. The first kappa shape index (κ1) is 11.4. The van der Waals surface area contributed by atoms with Gasteiger partial charge in [0.05, 0.1) is 0 Å². The van der Waals surface area contributed by atoms with Gasteiger partial charge in [-0.3, -0.25) is 4.79 Å². The summed E-state index contributed by atoms with van der Waals surface area (Å²) in [7, 11) is 0. The lowest BCUT2D eigenvalue weighted by Gasteiger charge is -2.32. The van der Waals surface area contributed by atoms with Crippen molar-refractivity contribution >= 4 is 17.5 Å². The van der Waals surface area contributed by atoms with Gasteiger partial charge in [-0.1, -0.05) is 17.7 Å². The molecule has 1 amide bonds. The number of rotatable bonds is 2. The average molecular weight is 239 g/mol. The number of nitrogens with two attached hydrogens (primary N) is 1. The first-order chi connectivity index (χ1) is 7.56. The number of hydrogen-bond acceptors (Lipinski definition) is 2. The van der Waals surface area contributed by atoms with Crippen molar-refractivity contribution in [3.63, 3.8) is 0 Å². The van der Waals surface area contributed by atoms with Crippen LogP contribution < -0.4 is 11.1 Å². The van der Waals surface area contributed by atoms with Crippen molar-refractivity contribution in [2.24, 2.45) is 5.73 Å². The van der Waals surface area contributed by atoms with Crippen LogP contribution in [0.3, 0.4) is 0 Å². The Balaban J connectivity index is 2.01. The van der Waals surface area contributed by atoms with Crippen molar-refractivity contribution in [2.75, 3.05) is 0 Å². The normalized spacial score (nSPS) is 23.7. The molecular weight excluding hydrogens is 224 g/mol. The third kappa shape index (κ3) is 2.36. The van der Waals surface area contributed by atoms with E-state index in [0.29, 0.717) is 10.6 Å². The third-order valence-electron chi connectivity index (χ3n) is 2.94. The summed E-state index contributed by atoms with van der Waals surface area (Å²) in [4.78, 5) is 11.8. The molecule has 1 aliphatic rings. The number of nitrogens with one attached hydrogen (secondary N) is 1. The molecule has 1 aliphatic carbocycles. The van der Waals surface area contributed by atoms with Crippen LogP contribution in [0.4, 0.5) is 0 Å². The lowest BCUT2D eigenvalue weighted by molar-refractivity contribution is 0.0910. The lowest BCUT2D eigenvalue weighted by atomic mass is 9.87. The van der Waals surface area contributed by atoms with Crippen LogP contribution in [-0.2, 0) is 0 Å². The van der Waals surface area contributed by atoms with Crippen LogP contribution in [-0.4, -0.2) is 18.0 Å². The van der Waals surface area contributed by atoms with Crippen molar-refractivity contribution < 1.29 is 4.79 Å². The van der Waals surface area contributed by atoms with Crippen molar-refractivity contribution in [3.05, 3.63) is 34.3 Å². The molecule has 3 nitrogen and oxygen atoms in total. The Kier molecular flexibility index (Phi) is 3.17.